The minimum absolute atomic E-state index is 0.120. The first-order valence-corrected chi connectivity index (χ1v) is 5.24. The van der Waals surface area contributed by atoms with Crippen LogP contribution in [0.15, 0.2) is 30.5 Å². The van der Waals surface area contributed by atoms with E-state index in [-0.39, 0.29) is 12.3 Å². The van der Waals surface area contributed by atoms with E-state index in [0.29, 0.717) is 16.3 Å². The van der Waals surface area contributed by atoms with Crippen molar-refractivity contribution in [3.8, 4) is 5.69 Å². The average Bonchev–Trinajstić information content (AvgIpc) is 2.78. The summed E-state index contributed by atoms with van der Waals surface area (Å²) in [5.41, 5.74) is 6.63. The Labute approximate surface area is 102 Å². The van der Waals surface area contributed by atoms with Gasteiger partial charge in [-0.25, -0.2) is 4.68 Å². The van der Waals surface area contributed by atoms with E-state index in [1.165, 1.54) is 10.7 Å². The number of carbonyl (C=O) groups is 1. The highest BCUT2D eigenvalue weighted by atomic mass is 35.5. The molecule has 88 valence electrons. The number of aliphatic hydroxyl groups excluding tert-OH is 1. The zero-order valence-corrected chi connectivity index (χ0v) is 9.55. The summed E-state index contributed by atoms with van der Waals surface area (Å²) in [5, 5.41) is 13.4. The summed E-state index contributed by atoms with van der Waals surface area (Å²) in [6, 6.07) is 6.62. The van der Waals surface area contributed by atoms with Crippen molar-refractivity contribution in [2.45, 2.75) is 6.61 Å². The van der Waals surface area contributed by atoms with Gasteiger partial charge in [-0.3, -0.25) is 4.79 Å². The van der Waals surface area contributed by atoms with Gasteiger partial charge in [0.25, 0.3) is 5.91 Å². The van der Waals surface area contributed by atoms with Crippen molar-refractivity contribution in [2.75, 3.05) is 0 Å². The fourth-order valence-electron chi connectivity index (χ4n) is 1.41. The first kappa shape index (κ1) is 11.6. The maximum Gasteiger partial charge on any atom is 0.269 e. The minimum Gasteiger partial charge on any atom is -0.392 e. The lowest BCUT2D eigenvalue weighted by Gasteiger charge is -2.04. The Morgan fingerprint density at radius 1 is 1.47 bits per heavy atom. The third-order valence-electron chi connectivity index (χ3n) is 2.31. The topological polar surface area (TPSA) is 81.1 Å². The van der Waals surface area contributed by atoms with Crippen LogP contribution in [-0.2, 0) is 6.61 Å². The lowest BCUT2D eigenvalue weighted by atomic mass is 10.2. The molecule has 2 rings (SSSR count). The molecule has 0 radical (unpaired) electrons. The molecule has 1 aromatic heterocycles. The summed E-state index contributed by atoms with van der Waals surface area (Å²) in [6.07, 6.45) is 1.62. The molecule has 0 spiro atoms. The number of nitrogens with two attached hydrogens (primary N) is 1. The molecule has 3 N–H and O–H groups in total. The second kappa shape index (κ2) is 4.57. The number of amides is 1. The number of nitrogens with zero attached hydrogens (tertiary/aromatic N) is 2. The highest BCUT2D eigenvalue weighted by molar-refractivity contribution is 6.31. The van der Waals surface area contributed by atoms with Gasteiger partial charge in [0.2, 0.25) is 0 Å². The zero-order valence-electron chi connectivity index (χ0n) is 8.80. The number of benzene rings is 1. The van der Waals surface area contributed by atoms with Crippen molar-refractivity contribution < 1.29 is 9.90 Å². The van der Waals surface area contributed by atoms with Gasteiger partial charge in [-0.2, -0.15) is 5.10 Å². The van der Waals surface area contributed by atoms with E-state index in [9.17, 15) is 4.79 Å². The van der Waals surface area contributed by atoms with Crippen molar-refractivity contribution in [3.05, 3.63) is 46.7 Å². The van der Waals surface area contributed by atoms with Crippen molar-refractivity contribution in [3.63, 3.8) is 0 Å². The molecule has 2 aromatic rings. The van der Waals surface area contributed by atoms with Gasteiger partial charge in [0.15, 0.2) is 0 Å². The number of halogens is 1. The van der Waals surface area contributed by atoms with Crippen LogP contribution in [0.5, 0.6) is 0 Å². The molecule has 0 atom stereocenters. The predicted octanol–water partition coefficient (Wildman–Crippen LogP) is 1.12. The third kappa shape index (κ3) is 2.30. The number of aliphatic hydroxyl groups is 1. The molecule has 0 saturated heterocycles. The lowest BCUT2D eigenvalue weighted by Crippen LogP contribution is -2.12. The number of primary amides is 1. The molecule has 0 bridgehead atoms. The molecule has 1 aromatic carbocycles. The van der Waals surface area contributed by atoms with E-state index < -0.39 is 5.91 Å². The summed E-state index contributed by atoms with van der Waals surface area (Å²) in [5.74, 6) is -0.582. The molecular weight excluding hydrogens is 242 g/mol. The first-order valence-electron chi connectivity index (χ1n) is 4.87. The molecule has 6 heteroatoms. The predicted molar refractivity (Wildman–Crippen MR) is 63.0 cm³/mol. The van der Waals surface area contributed by atoms with E-state index in [1.807, 2.05) is 0 Å². The number of aromatic nitrogens is 2. The molecule has 0 fully saturated rings. The van der Waals surface area contributed by atoms with E-state index >= 15 is 0 Å². The summed E-state index contributed by atoms with van der Waals surface area (Å²) in [4.78, 5) is 10.9. The monoisotopic (exact) mass is 251 g/mol. The summed E-state index contributed by atoms with van der Waals surface area (Å²) >= 11 is 5.96. The van der Waals surface area contributed by atoms with Gasteiger partial charge in [-0.15, -0.1) is 0 Å². The third-order valence-corrected chi connectivity index (χ3v) is 2.66. The molecule has 1 amide bonds. The molecule has 0 aliphatic heterocycles. The van der Waals surface area contributed by atoms with Gasteiger partial charge in [-0.05, 0) is 23.8 Å². The summed E-state index contributed by atoms with van der Waals surface area (Å²) < 4.78 is 1.49. The van der Waals surface area contributed by atoms with Crippen molar-refractivity contribution in [2.24, 2.45) is 5.73 Å². The van der Waals surface area contributed by atoms with Crippen LogP contribution in [0.3, 0.4) is 0 Å². The summed E-state index contributed by atoms with van der Waals surface area (Å²) in [6.45, 7) is -0.120. The Bertz CT molecular complexity index is 566. The molecule has 0 unspecified atom stereocenters. The Morgan fingerprint density at radius 3 is 2.76 bits per heavy atom. The van der Waals surface area contributed by atoms with Crippen LogP contribution < -0.4 is 5.73 Å². The van der Waals surface area contributed by atoms with Gasteiger partial charge in [0, 0.05) is 11.2 Å². The Morgan fingerprint density at radius 2 is 2.24 bits per heavy atom. The van der Waals surface area contributed by atoms with Gasteiger partial charge in [0.05, 0.1) is 12.3 Å². The highest BCUT2D eigenvalue weighted by Gasteiger charge is 2.07. The fourth-order valence-corrected chi connectivity index (χ4v) is 1.64. The lowest BCUT2D eigenvalue weighted by molar-refractivity contribution is 0.0995. The van der Waals surface area contributed by atoms with Crippen molar-refractivity contribution >= 4 is 17.5 Å². The maximum atomic E-state index is 10.9. The highest BCUT2D eigenvalue weighted by Crippen LogP contribution is 2.20. The van der Waals surface area contributed by atoms with Gasteiger partial charge in [0.1, 0.15) is 5.69 Å². The average molecular weight is 252 g/mol. The van der Waals surface area contributed by atoms with E-state index in [4.69, 9.17) is 22.4 Å². The van der Waals surface area contributed by atoms with Crippen LogP contribution in [0.25, 0.3) is 5.69 Å². The minimum atomic E-state index is -0.582. The van der Waals surface area contributed by atoms with Crippen LogP contribution in [0.1, 0.15) is 16.1 Å². The van der Waals surface area contributed by atoms with Crippen LogP contribution in [0, 0.1) is 0 Å². The number of hydrogen-bond donors (Lipinski definition) is 2. The van der Waals surface area contributed by atoms with Gasteiger partial charge >= 0.3 is 0 Å². The maximum absolute atomic E-state index is 10.9. The van der Waals surface area contributed by atoms with Crippen LogP contribution >= 0.6 is 11.6 Å². The molecule has 0 aliphatic carbocycles. The van der Waals surface area contributed by atoms with Crippen LogP contribution in [-0.4, -0.2) is 20.8 Å². The normalized spacial score (nSPS) is 10.5. The molecular formula is C11H10ClN3O2. The molecule has 5 nitrogen and oxygen atoms in total. The second-order valence-corrected chi connectivity index (χ2v) is 3.85. The number of hydrogen-bond acceptors (Lipinski definition) is 3. The van der Waals surface area contributed by atoms with Crippen molar-refractivity contribution in [1.82, 2.24) is 9.78 Å². The molecule has 1 heterocycles. The smallest absolute Gasteiger partial charge is 0.269 e. The van der Waals surface area contributed by atoms with E-state index in [0.717, 1.165) is 0 Å². The van der Waals surface area contributed by atoms with E-state index in [2.05, 4.69) is 5.10 Å². The van der Waals surface area contributed by atoms with Gasteiger partial charge in [-0.1, -0.05) is 17.7 Å². The fraction of sp³-hybridized carbons (Fsp3) is 0.0909. The molecule has 0 aliphatic rings. The Hall–Kier alpha value is -1.85. The van der Waals surface area contributed by atoms with Crippen LogP contribution in [0.2, 0.25) is 5.02 Å². The SMILES string of the molecule is NC(=O)c1ccn(-c2ccc(CO)c(Cl)c2)n1. The number of rotatable bonds is 3. The second-order valence-electron chi connectivity index (χ2n) is 3.44. The zero-order chi connectivity index (χ0) is 12.4. The quantitative estimate of drug-likeness (QED) is 0.858. The molecule has 17 heavy (non-hydrogen) atoms. The Balaban J connectivity index is 2.39. The summed E-state index contributed by atoms with van der Waals surface area (Å²) in [7, 11) is 0. The first-order chi connectivity index (χ1) is 8.11. The number of carbonyl (C=O) groups excluding carboxylic acids is 1. The Kier molecular flexibility index (Phi) is 3.12. The van der Waals surface area contributed by atoms with Crippen LogP contribution in [0.4, 0.5) is 0 Å². The standard InChI is InChI=1S/C11H10ClN3O2/c12-9-5-8(2-1-7(9)6-16)15-4-3-10(14-15)11(13)17/h1-5,16H,6H2,(H2,13,17). The molecule has 0 saturated carbocycles. The largest absolute Gasteiger partial charge is 0.392 e. The van der Waals surface area contributed by atoms with Gasteiger partial charge < -0.3 is 10.8 Å². The van der Waals surface area contributed by atoms with Crippen molar-refractivity contribution in [1.29, 1.82) is 0 Å². The van der Waals surface area contributed by atoms with E-state index in [1.54, 1.807) is 24.4 Å².